The van der Waals surface area contributed by atoms with E-state index in [1.165, 1.54) is 0 Å². The summed E-state index contributed by atoms with van der Waals surface area (Å²) in [5.41, 5.74) is 1.23. The third-order valence-electron chi connectivity index (χ3n) is 2.91. The van der Waals surface area contributed by atoms with E-state index in [2.05, 4.69) is 5.32 Å². The Morgan fingerprint density at radius 2 is 1.71 bits per heavy atom. The first-order valence-electron chi connectivity index (χ1n) is 6.50. The smallest absolute Gasteiger partial charge is 0.256 e. The van der Waals surface area contributed by atoms with Crippen LogP contribution in [-0.2, 0) is 14.8 Å². The molecule has 1 aromatic carbocycles. The van der Waals surface area contributed by atoms with Gasteiger partial charge in [-0.15, -0.1) is 0 Å². The minimum Gasteiger partial charge on any atom is -0.340 e. The summed E-state index contributed by atoms with van der Waals surface area (Å²) < 4.78 is 24.2. The van der Waals surface area contributed by atoms with Crippen molar-refractivity contribution in [1.29, 1.82) is 0 Å². The summed E-state index contributed by atoms with van der Waals surface area (Å²) in [6.45, 7) is 5.24. The van der Waals surface area contributed by atoms with Crippen LogP contribution in [0.3, 0.4) is 0 Å². The number of sulfonamides is 1. The fourth-order valence-electron chi connectivity index (χ4n) is 1.83. The van der Waals surface area contributed by atoms with Gasteiger partial charge in [-0.05, 0) is 24.5 Å². The Bertz CT molecular complexity index is 638. The number of hydrogen-bond donors (Lipinski definition) is 2. The molecule has 0 saturated carbocycles. The maximum absolute atomic E-state index is 12.2. The van der Waals surface area contributed by atoms with Crippen molar-refractivity contribution in [3.8, 4) is 0 Å². The zero-order valence-electron chi connectivity index (χ0n) is 12.5. The lowest BCUT2D eigenvalue weighted by Crippen LogP contribution is -2.50. The third-order valence-corrected chi connectivity index (χ3v) is 3.48. The molecule has 2 amide bonds. The average Bonchev–Trinajstić information content (AvgIpc) is 2.33. The highest BCUT2D eigenvalue weighted by atomic mass is 32.2. The lowest BCUT2D eigenvalue weighted by atomic mass is 10.0. The van der Waals surface area contributed by atoms with Crippen molar-refractivity contribution in [2.45, 2.75) is 26.8 Å². The van der Waals surface area contributed by atoms with E-state index in [1.54, 1.807) is 39.0 Å². The van der Waals surface area contributed by atoms with Gasteiger partial charge in [0.25, 0.3) is 11.8 Å². The molecule has 0 saturated heterocycles. The summed E-state index contributed by atoms with van der Waals surface area (Å²) in [7, 11) is -3.66. The van der Waals surface area contributed by atoms with Gasteiger partial charge in [-0.2, -0.15) is 0 Å². The van der Waals surface area contributed by atoms with Crippen molar-refractivity contribution in [2.75, 3.05) is 6.26 Å². The summed E-state index contributed by atoms with van der Waals surface area (Å²) in [6, 6.07) is 6.05. The fourth-order valence-corrected chi connectivity index (χ4v) is 2.32. The molecule has 6 nitrogen and oxygen atoms in total. The fraction of sp³-hybridized carbons (Fsp3) is 0.429. The summed E-state index contributed by atoms with van der Waals surface area (Å²) in [6.07, 6.45) is 0.894. The van der Waals surface area contributed by atoms with Crippen molar-refractivity contribution in [3.05, 3.63) is 35.4 Å². The molecule has 116 valence electrons. The number of rotatable bonds is 5. The Kier molecular flexibility index (Phi) is 5.48. The van der Waals surface area contributed by atoms with Gasteiger partial charge >= 0.3 is 0 Å². The predicted octanol–water partition coefficient (Wildman–Crippen LogP) is 0.825. The molecule has 1 atom stereocenters. The van der Waals surface area contributed by atoms with Crippen LogP contribution in [0.1, 0.15) is 29.8 Å². The minimum atomic E-state index is -3.66. The zero-order chi connectivity index (χ0) is 16.2. The molecule has 0 aliphatic rings. The Morgan fingerprint density at radius 3 is 2.19 bits per heavy atom. The summed E-state index contributed by atoms with van der Waals surface area (Å²) >= 11 is 0. The van der Waals surface area contributed by atoms with E-state index >= 15 is 0 Å². The van der Waals surface area contributed by atoms with Gasteiger partial charge in [0.05, 0.1) is 6.26 Å². The number of nitrogens with one attached hydrogen (secondary N) is 2. The van der Waals surface area contributed by atoms with Crippen molar-refractivity contribution in [3.63, 3.8) is 0 Å². The molecule has 21 heavy (non-hydrogen) atoms. The molecule has 0 aliphatic heterocycles. The molecular weight excluding hydrogens is 292 g/mol. The number of benzene rings is 1. The number of aryl methyl sites for hydroxylation is 1. The van der Waals surface area contributed by atoms with Crippen LogP contribution in [0.4, 0.5) is 0 Å². The molecule has 0 spiro atoms. The normalized spacial score (nSPS) is 12.8. The molecule has 0 aliphatic carbocycles. The molecule has 0 aromatic heterocycles. The maximum atomic E-state index is 12.2. The standard InChI is InChI=1S/C14H20N2O4S/c1-9(2)12(14(18)16-21(4,19)20)15-13(17)11-8-6-5-7-10(11)3/h5-9,12H,1-4H3,(H,15,17)(H,16,18). The largest absolute Gasteiger partial charge is 0.340 e. The SMILES string of the molecule is Cc1ccccc1C(=O)NC(C(=O)NS(C)(=O)=O)C(C)C. The molecular formula is C14H20N2O4S. The van der Waals surface area contributed by atoms with Crippen molar-refractivity contribution in [1.82, 2.24) is 10.0 Å². The average molecular weight is 312 g/mol. The molecule has 0 radical (unpaired) electrons. The van der Waals surface area contributed by atoms with E-state index in [1.807, 2.05) is 10.8 Å². The zero-order valence-corrected chi connectivity index (χ0v) is 13.3. The van der Waals surface area contributed by atoms with Crippen molar-refractivity contribution < 1.29 is 18.0 Å². The lowest BCUT2D eigenvalue weighted by Gasteiger charge is -2.21. The van der Waals surface area contributed by atoms with E-state index in [0.717, 1.165) is 11.8 Å². The van der Waals surface area contributed by atoms with Gasteiger partial charge in [0.1, 0.15) is 6.04 Å². The van der Waals surface area contributed by atoms with E-state index in [0.29, 0.717) is 5.56 Å². The van der Waals surface area contributed by atoms with Crippen LogP contribution in [0.5, 0.6) is 0 Å². The molecule has 1 unspecified atom stereocenters. The van der Waals surface area contributed by atoms with E-state index in [9.17, 15) is 18.0 Å². The monoisotopic (exact) mass is 312 g/mol. The van der Waals surface area contributed by atoms with Crippen LogP contribution < -0.4 is 10.0 Å². The van der Waals surface area contributed by atoms with Crippen LogP contribution in [-0.4, -0.2) is 32.5 Å². The molecule has 2 N–H and O–H groups in total. The van der Waals surface area contributed by atoms with Crippen LogP contribution >= 0.6 is 0 Å². The van der Waals surface area contributed by atoms with Gasteiger partial charge in [-0.25, -0.2) is 8.42 Å². The first-order chi connectivity index (χ1) is 9.61. The molecule has 0 fully saturated rings. The molecule has 1 rings (SSSR count). The predicted molar refractivity (Wildman–Crippen MR) is 80.3 cm³/mol. The van der Waals surface area contributed by atoms with Crippen LogP contribution in [0.15, 0.2) is 24.3 Å². The summed E-state index contributed by atoms with van der Waals surface area (Å²) in [4.78, 5) is 24.2. The van der Waals surface area contributed by atoms with E-state index in [4.69, 9.17) is 0 Å². The highest BCUT2D eigenvalue weighted by Gasteiger charge is 2.26. The topological polar surface area (TPSA) is 92.3 Å². The van der Waals surface area contributed by atoms with Crippen LogP contribution in [0.25, 0.3) is 0 Å². The number of carbonyl (C=O) groups is 2. The maximum Gasteiger partial charge on any atom is 0.256 e. The van der Waals surface area contributed by atoms with Gasteiger partial charge in [-0.1, -0.05) is 32.0 Å². The molecule has 1 aromatic rings. The Hall–Kier alpha value is -1.89. The van der Waals surface area contributed by atoms with E-state index < -0.39 is 27.9 Å². The number of amides is 2. The van der Waals surface area contributed by atoms with Gasteiger partial charge in [0.15, 0.2) is 0 Å². The minimum absolute atomic E-state index is 0.250. The van der Waals surface area contributed by atoms with E-state index in [-0.39, 0.29) is 5.92 Å². The Balaban J connectivity index is 2.92. The first-order valence-corrected chi connectivity index (χ1v) is 8.39. The van der Waals surface area contributed by atoms with Crippen LogP contribution in [0, 0.1) is 12.8 Å². The second-order valence-electron chi connectivity index (χ2n) is 5.25. The molecule has 0 heterocycles. The second kappa shape index (κ2) is 6.71. The number of hydrogen-bond acceptors (Lipinski definition) is 4. The first kappa shape index (κ1) is 17.2. The highest BCUT2D eigenvalue weighted by molar-refractivity contribution is 7.89. The quantitative estimate of drug-likeness (QED) is 0.842. The third kappa shape index (κ3) is 5.18. The van der Waals surface area contributed by atoms with Gasteiger partial charge in [0.2, 0.25) is 10.0 Å². The van der Waals surface area contributed by atoms with Gasteiger partial charge in [-0.3, -0.25) is 14.3 Å². The molecule has 7 heteroatoms. The summed E-state index contributed by atoms with van der Waals surface area (Å²) in [5, 5.41) is 2.58. The summed E-state index contributed by atoms with van der Waals surface area (Å²) in [5.74, 6) is -1.40. The Morgan fingerprint density at radius 1 is 1.14 bits per heavy atom. The van der Waals surface area contributed by atoms with Gasteiger partial charge in [0, 0.05) is 5.56 Å². The number of carbonyl (C=O) groups excluding carboxylic acids is 2. The van der Waals surface area contributed by atoms with Crippen LogP contribution in [0.2, 0.25) is 0 Å². The Labute approximate surface area is 125 Å². The van der Waals surface area contributed by atoms with Crippen molar-refractivity contribution in [2.24, 2.45) is 5.92 Å². The van der Waals surface area contributed by atoms with Crippen molar-refractivity contribution >= 4 is 21.8 Å². The molecule has 0 bridgehead atoms. The van der Waals surface area contributed by atoms with Gasteiger partial charge < -0.3 is 5.32 Å². The highest BCUT2D eigenvalue weighted by Crippen LogP contribution is 2.09. The lowest BCUT2D eigenvalue weighted by molar-refractivity contribution is -0.122. The second-order valence-corrected chi connectivity index (χ2v) is 7.00.